The van der Waals surface area contributed by atoms with Crippen LogP contribution in [0, 0.1) is 11.3 Å². The van der Waals surface area contributed by atoms with Gasteiger partial charge < -0.3 is 130 Å². The zero-order chi connectivity index (χ0) is 100. The highest BCUT2D eigenvalue weighted by Crippen LogP contribution is 2.28. The lowest BCUT2D eigenvalue weighted by Gasteiger charge is -2.36. The number of fused-ring (bicyclic) bond motifs is 4. The van der Waals surface area contributed by atoms with Gasteiger partial charge >= 0.3 is 0 Å². The van der Waals surface area contributed by atoms with Gasteiger partial charge in [0.1, 0.15) is 90.3 Å². The number of nitrogens with zero attached hydrogens (tertiary/aromatic N) is 6. The minimum Gasteiger partial charge on any atom is -0.497 e. The van der Waals surface area contributed by atoms with Crippen molar-refractivity contribution in [2.75, 3.05) is 72.5 Å². The number of thioether (sulfide) groups is 1. The number of methoxy groups -OCH3 is 1. The predicted octanol–water partition coefficient (Wildman–Crippen LogP) is -2.63. The smallest absolute Gasteiger partial charge is 0.246 e. The van der Waals surface area contributed by atoms with Gasteiger partial charge in [-0.15, -0.1) is 11.8 Å². The highest BCUT2D eigenvalue weighted by molar-refractivity contribution is 8.00. The first kappa shape index (κ1) is 107. The molecule has 23 N–H and O–H groups in total. The number of aromatic amines is 3. The Balaban J connectivity index is 1.10. The molecule has 0 aliphatic carbocycles. The minimum atomic E-state index is -1.89. The van der Waals surface area contributed by atoms with E-state index in [1.54, 1.807) is 99.0 Å². The Morgan fingerprint density at radius 3 is 1.69 bits per heavy atom. The minimum absolute atomic E-state index is 0.00929. The fourth-order valence-electron chi connectivity index (χ4n) is 16.9. The second-order valence-electron chi connectivity index (χ2n) is 35.2. The van der Waals surface area contributed by atoms with Crippen LogP contribution < -0.4 is 80.4 Å². The molecule has 3 aliphatic rings. The molecule has 3 aliphatic heterocycles. The number of primary amides is 2. The van der Waals surface area contributed by atoms with Gasteiger partial charge in [0, 0.05) is 125 Å². The van der Waals surface area contributed by atoms with Gasteiger partial charge in [0.15, 0.2) is 5.96 Å². The quantitative estimate of drug-likeness (QED) is 0.0143. The third-order valence-corrected chi connectivity index (χ3v) is 25.6. The number of hydrogen-bond donors (Lipinski definition) is 20. The molecule has 9 rings (SSSR count). The normalized spacial score (nSPS) is 24.6. The molecule has 17 amide bonds. The van der Waals surface area contributed by atoms with Gasteiger partial charge in [-0.05, 0) is 98.7 Å². The first-order valence-corrected chi connectivity index (χ1v) is 47.1. The van der Waals surface area contributed by atoms with Crippen LogP contribution in [-0.2, 0) is 107 Å². The van der Waals surface area contributed by atoms with Gasteiger partial charge in [-0.1, -0.05) is 102 Å². The number of H-pyrrole nitrogens is 3. The molecular formula is C92H130N24O20S. The van der Waals surface area contributed by atoms with Crippen LogP contribution in [0.2, 0.25) is 0 Å². The van der Waals surface area contributed by atoms with Crippen molar-refractivity contribution in [3.63, 3.8) is 0 Å². The highest BCUT2D eigenvalue weighted by Gasteiger charge is 2.47. The Kier molecular flexibility index (Phi) is 40.0. The van der Waals surface area contributed by atoms with Crippen molar-refractivity contribution in [1.82, 2.24) is 103 Å². The molecule has 0 spiro atoms. The SMILES string of the molecule is CCCC[C@H]1C(=O)N(C)[C@@H](CCCC)C(=O)N[C@@H](CCCNC(=N)N)C(=O)N[C@H](C(=O)NCC(N)=O)CSCC(=O)N[C@@H](Cc2ccc(OC)cc2)C(=O)N(C)[C@@H](C)C(=O)N[C@@H](CC(N)=O)C(=O)N2CCC[C@H]2C(=O)N[C@@H](Cc2cnc[nH]2)C(=O)N[C@@H](CC(C)C)C(=O)N2C[C@H](O)C[C@H]2C(=O)N[C@@H](Cc2c[nH]c3ccccc23)C(=O)N[C@@H](CO)C(=O)N[C@@H](Cc2c[nH]c3ccccc23)C(=O)N1C. The summed E-state index contributed by atoms with van der Waals surface area (Å²) in [5.74, 6) is -17.3. The maximum absolute atomic E-state index is 15.8. The lowest BCUT2D eigenvalue weighted by Crippen LogP contribution is -2.62. The van der Waals surface area contributed by atoms with Crippen LogP contribution in [-0.4, -0.2) is 324 Å². The van der Waals surface area contributed by atoms with E-state index in [0.717, 1.165) is 36.3 Å². The molecule has 45 heteroatoms. The van der Waals surface area contributed by atoms with Gasteiger partial charge in [-0.2, -0.15) is 0 Å². The average Bonchev–Trinajstić information content (AvgIpc) is 1.80. The summed E-state index contributed by atoms with van der Waals surface area (Å²) in [5.41, 5.74) is 19.9. The van der Waals surface area contributed by atoms with Gasteiger partial charge in [0.2, 0.25) is 100 Å². The fourth-order valence-corrected chi connectivity index (χ4v) is 17.8. The topological polar surface area (TPSA) is 651 Å². The standard InChI is InChI=1S/C92H130N24O20S/c1-10-12-25-71-84(128)104-62(24-18-32-98-92(95)96)80(124)111-70(79(123)101-44-76(94)120)47-137-48-77(121)103-66(35-52-28-30-57(136-9)31-29-52)87(131)112(6)51(5)78(122)107-68(40-75(93)119)89(133)115-33-19-27-72(115)85(129)106-64(38-55-43-97-49-102-55)82(126)108-65(34-50(3)4)90(134)116-45-56(118)39-74(116)86(130)105-63(36-53-41-99-60-22-16-14-20-58(53)60)81(125)110-69(46-117)83(127)109-67(37-54-42-100-61-23-17-15-21-59(54)61)88(132)114(8)73(26-13-11-2)91(135)113(71)7/h14-17,20-23,28-31,41-43,49-51,56,62-74,99-100,117-118H,10-13,18-19,24-27,32-40,44-48H2,1-9H3,(H2,93,119)(H2,94,120)(H,97,102)(H,101,123)(H,103,121)(H,104,128)(H,105,130)(H,106,129)(H,107,122)(H,108,126)(H,109,127)(H,110,125)(H,111,124)(H4,95,96,98)/t51-,56+,62-,63-,64-,65-,66-,67-,68-,69-,70-,71-,72-,73-,74-/m0/s1. The van der Waals surface area contributed by atoms with Crippen LogP contribution in [0.1, 0.15) is 140 Å². The molecule has 3 saturated heterocycles. The maximum Gasteiger partial charge on any atom is 0.246 e. The summed E-state index contributed by atoms with van der Waals surface area (Å²) in [5, 5.41) is 61.1. The molecule has 15 atom stereocenters. The molecule has 6 heterocycles. The van der Waals surface area contributed by atoms with Gasteiger partial charge in [0.25, 0.3) is 0 Å². The first-order valence-electron chi connectivity index (χ1n) is 46.0. The van der Waals surface area contributed by atoms with Crippen molar-refractivity contribution in [3.05, 3.63) is 120 Å². The molecule has 744 valence electrons. The van der Waals surface area contributed by atoms with Crippen LogP contribution in [0.4, 0.5) is 0 Å². The van der Waals surface area contributed by atoms with E-state index in [4.69, 9.17) is 27.3 Å². The van der Waals surface area contributed by atoms with Crippen molar-refractivity contribution < 1.29 is 96.5 Å². The molecule has 0 radical (unpaired) electrons. The predicted molar refractivity (Wildman–Crippen MR) is 505 cm³/mol. The van der Waals surface area contributed by atoms with Crippen LogP contribution in [0.3, 0.4) is 0 Å². The van der Waals surface area contributed by atoms with E-state index in [1.807, 2.05) is 13.8 Å². The lowest BCUT2D eigenvalue weighted by molar-refractivity contribution is -0.149. The van der Waals surface area contributed by atoms with E-state index >= 15 is 38.4 Å². The number of aliphatic hydroxyl groups is 2. The van der Waals surface area contributed by atoms with Crippen LogP contribution in [0.15, 0.2) is 97.7 Å². The summed E-state index contributed by atoms with van der Waals surface area (Å²) in [4.78, 5) is 270. The number of aliphatic hydroxyl groups excluding tert-OH is 2. The Hall–Kier alpha value is -13.7. The lowest BCUT2D eigenvalue weighted by atomic mass is 10.00. The summed E-state index contributed by atoms with van der Waals surface area (Å²) in [6.07, 6.45) is 3.79. The molecule has 3 aromatic carbocycles. The number of imidazole rings is 1. The number of likely N-dealkylation sites (N-methyl/N-ethyl adjacent to an activating group) is 3. The second kappa shape index (κ2) is 51.3. The van der Waals surface area contributed by atoms with E-state index in [2.05, 4.69) is 78.4 Å². The van der Waals surface area contributed by atoms with Crippen molar-refractivity contribution >= 4 is 140 Å². The molecular weight excluding hydrogens is 1790 g/mol. The number of ether oxygens (including phenoxy) is 1. The third-order valence-electron chi connectivity index (χ3n) is 24.5. The third kappa shape index (κ3) is 29.9. The van der Waals surface area contributed by atoms with Crippen molar-refractivity contribution in [2.45, 2.75) is 234 Å². The number of carbonyl (C=O) groups is 17. The van der Waals surface area contributed by atoms with Crippen molar-refractivity contribution in [2.24, 2.45) is 23.1 Å². The van der Waals surface area contributed by atoms with Crippen LogP contribution >= 0.6 is 11.8 Å². The average molecular weight is 1920 g/mol. The van der Waals surface area contributed by atoms with Crippen molar-refractivity contribution in [3.8, 4) is 5.75 Å². The monoisotopic (exact) mass is 1920 g/mol. The summed E-state index contributed by atoms with van der Waals surface area (Å²) in [7, 11) is 5.37. The van der Waals surface area contributed by atoms with E-state index in [-0.39, 0.29) is 89.6 Å². The number of benzene rings is 3. The van der Waals surface area contributed by atoms with E-state index in [1.165, 1.54) is 47.7 Å². The Bertz CT molecular complexity index is 5270. The summed E-state index contributed by atoms with van der Waals surface area (Å²) in [6, 6.07) is -1.27. The number of aromatic nitrogens is 4. The van der Waals surface area contributed by atoms with E-state index in [0.29, 0.717) is 75.6 Å². The zero-order valence-electron chi connectivity index (χ0n) is 78.5. The summed E-state index contributed by atoms with van der Waals surface area (Å²) < 4.78 is 5.35. The summed E-state index contributed by atoms with van der Waals surface area (Å²) >= 11 is 0.780. The number of guanidine groups is 1. The van der Waals surface area contributed by atoms with Gasteiger partial charge in [0.05, 0.1) is 44.9 Å². The number of hydrogen-bond acceptors (Lipinski definition) is 23. The molecule has 6 aromatic rings. The number of unbranched alkanes of at least 4 members (excludes halogenated alkanes) is 2. The molecule has 0 saturated carbocycles. The van der Waals surface area contributed by atoms with Crippen LogP contribution in [0.25, 0.3) is 21.8 Å². The number of rotatable bonds is 27. The number of amides is 17. The maximum atomic E-state index is 15.8. The van der Waals surface area contributed by atoms with Gasteiger partial charge in [-0.25, -0.2) is 4.98 Å². The van der Waals surface area contributed by atoms with E-state index < -0.39 is 241 Å². The Labute approximate surface area is 796 Å². The molecule has 3 aromatic heterocycles. The number of nitrogens with one attached hydrogen (secondary N) is 15. The number of carbonyl (C=O) groups excluding carboxylic acids is 17. The molecule has 44 nitrogen and oxygen atoms in total. The Morgan fingerprint density at radius 2 is 1.10 bits per heavy atom. The highest BCUT2D eigenvalue weighted by atomic mass is 32.2. The van der Waals surface area contributed by atoms with Gasteiger partial charge in [-0.3, -0.25) is 86.9 Å². The zero-order valence-corrected chi connectivity index (χ0v) is 79.3. The molecule has 3 fully saturated rings. The van der Waals surface area contributed by atoms with Crippen molar-refractivity contribution in [1.29, 1.82) is 5.41 Å². The van der Waals surface area contributed by atoms with E-state index in [9.17, 15) is 53.4 Å². The number of nitrogens with two attached hydrogens (primary N) is 3. The Morgan fingerprint density at radius 1 is 0.562 bits per heavy atom. The van der Waals surface area contributed by atoms with Crippen LogP contribution in [0.5, 0.6) is 5.75 Å². The molecule has 0 bridgehead atoms. The largest absolute Gasteiger partial charge is 0.497 e. The fraction of sp³-hybridized carbons (Fsp3) is 0.533. The second-order valence-corrected chi connectivity index (χ2v) is 36.2. The first-order chi connectivity index (χ1) is 65.3. The molecule has 137 heavy (non-hydrogen) atoms. The number of para-hydroxylation sites is 2. The summed E-state index contributed by atoms with van der Waals surface area (Å²) in [6.45, 7) is 6.07. The molecule has 0 unspecified atom stereocenters.